The van der Waals surface area contributed by atoms with E-state index in [-0.39, 0.29) is 12.4 Å². The van der Waals surface area contributed by atoms with Crippen molar-refractivity contribution in [1.82, 2.24) is 0 Å². The minimum Gasteiger partial charge on any atom is -0.454 e. The Labute approximate surface area is 114 Å². The summed E-state index contributed by atoms with van der Waals surface area (Å²) in [6.45, 7) is 0.176. The summed E-state index contributed by atoms with van der Waals surface area (Å²) < 4.78 is 16.2. The number of ether oxygens (including phenoxy) is 2. The molecule has 1 aliphatic rings. The zero-order valence-electron chi connectivity index (χ0n) is 10.5. The first-order chi connectivity index (χ1) is 9.83. The number of hydrogen-bond donors (Lipinski definition) is 0. The SMILES string of the molecule is O=c1oc(-c2ccccc2)cc2c3c(ccc12)OCO3. The van der Waals surface area contributed by atoms with E-state index in [0.717, 1.165) is 10.9 Å². The van der Waals surface area contributed by atoms with Crippen molar-refractivity contribution in [3.05, 3.63) is 59.0 Å². The van der Waals surface area contributed by atoms with Crippen molar-refractivity contribution in [2.75, 3.05) is 6.79 Å². The summed E-state index contributed by atoms with van der Waals surface area (Å²) >= 11 is 0. The van der Waals surface area contributed by atoms with Crippen LogP contribution in [0.4, 0.5) is 0 Å². The molecule has 2 heterocycles. The van der Waals surface area contributed by atoms with Crippen molar-refractivity contribution in [1.29, 1.82) is 0 Å². The van der Waals surface area contributed by atoms with Crippen molar-refractivity contribution in [2.45, 2.75) is 0 Å². The number of hydrogen-bond acceptors (Lipinski definition) is 4. The molecule has 0 unspecified atom stereocenters. The molecule has 1 aliphatic heterocycles. The van der Waals surface area contributed by atoms with Gasteiger partial charge in [0.15, 0.2) is 11.5 Å². The van der Waals surface area contributed by atoms with Crippen molar-refractivity contribution >= 4 is 10.8 Å². The summed E-state index contributed by atoms with van der Waals surface area (Å²) in [6.07, 6.45) is 0. The largest absolute Gasteiger partial charge is 0.454 e. The van der Waals surface area contributed by atoms with Crippen LogP contribution in [-0.4, -0.2) is 6.79 Å². The summed E-state index contributed by atoms with van der Waals surface area (Å²) in [4.78, 5) is 12.1. The van der Waals surface area contributed by atoms with Crippen LogP contribution in [0.2, 0.25) is 0 Å². The zero-order valence-corrected chi connectivity index (χ0v) is 10.5. The van der Waals surface area contributed by atoms with Gasteiger partial charge in [-0.2, -0.15) is 0 Å². The lowest BCUT2D eigenvalue weighted by Gasteiger charge is -2.04. The third kappa shape index (κ3) is 1.58. The van der Waals surface area contributed by atoms with Gasteiger partial charge in [0.2, 0.25) is 6.79 Å². The van der Waals surface area contributed by atoms with E-state index in [1.165, 1.54) is 0 Å². The summed E-state index contributed by atoms with van der Waals surface area (Å²) in [5.74, 6) is 1.78. The van der Waals surface area contributed by atoms with Gasteiger partial charge in [0.1, 0.15) is 5.76 Å². The van der Waals surface area contributed by atoms with E-state index in [4.69, 9.17) is 13.9 Å². The molecule has 0 bridgehead atoms. The highest BCUT2D eigenvalue weighted by Crippen LogP contribution is 2.39. The quantitative estimate of drug-likeness (QED) is 0.678. The van der Waals surface area contributed by atoms with Gasteiger partial charge in [-0.25, -0.2) is 4.79 Å². The summed E-state index contributed by atoms with van der Waals surface area (Å²) in [5.41, 5.74) is 0.475. The number of rotatable bonds is 1. The van der Waals surface area contributed by atoms with Gasteiger partial charge in [0.05, 0.1) is 5.39 Å². The monoisotopic (exact) mass is 266 g/mol. The van der Waals surface area contributed by atoms with Gasteiger partial charge in [-0.15, -0.1) is 0 Å². The number of benzene rings is 2. The lowest BCUT2D eigenvalue weighted by molar-refractivity contribution is 0.175. The van der Waals surface area contributed by atoms with Gasteiger partial charge in [0, 0.05) is 10.9 Å². The van der Waals surface area contributed by atoms with Gasteiger partial charge < -0.3 is 13.9 Å². The van der Waals surface area contributed by atoms with Crippen LogP contribution in [0.1, 0.15) is 0 Å². The second-order valence-corrected chi connectivity index (χ2v) is 4.52. The molecule has 1 aromatic heterocycles. The molecule has 0 amide bonds. The molecule has 0 N–H and O–H groups in total. The molecule has 0 atom stereocenters. The average molecular weight is 266 g/mol. The molecule has 0 radical (unpaired) electrons. The van der Waals surface area contributed by atoms with Crippen molar-refractivity contribution in [3.8, 4) is 22.8 Å². The molecule has 0 spiro atoms. The van der Waals surface area contributed by atoms with Crippen LogP contribution in [0.3, 0.4) is 0 Å². The van der Waals surface area contributed by atoms with Gasteiger partial charge in [-0.05, 0) is 18.2 Å². The van der Waals surface area contributed by atoms with Gasteiger partial charge in [-0.3, -0.25) is 0 Å². The van der Waals surface area contributed by atoms with Crippen LogP contribution >= 0.6 is 0 Å². The smallest absolute Gasteiger partial charge is 0.344 e. The second kappa shape index (κ2) is 4.13. The van der Waals surface area contributed by atoms with E-state index < -0.39 is 0 Å². The topological polar surface area (TPSA) is 48.7 Å². The fourth-order valence-corrected chi connectivity index (χ4v) is 2.38. The van der Waals surface area contributed by atoms with Crippen LogP contribution in [0.25, 0.3) is 22.1 Å². The molecule has 3 aromatic rings. The Balaban J connectivity index is 2.04. The Kier molecular flexibility index (Phi) is 2.29. The van der Waals surface area contributed by atoms with Crippen LogP contribution in [0.15, 0.2) is 57.7 Å². The lowest BCUT2D eigenvalue weighted by Crippen LogP contribution is -2.00. The maximum Gasteiger partial charge on any atom is 0.344 e. The third-order valence-corrected chi connectivity index (χ3v) is 3.33. The first kappa shape index (κ1) is 11.1. The highest BCUT2D eigenvalue weighted by atomic mass is 16.7. The first-order valence-corrected chi connectivity index (χ1v) is 6.25. The summed E-state index contributed by atoms with van der Waals surface area (Å²) in [7, 11) is 0. The molecule has 20 heavy (non-hydrogen) atoms. The lowest BCUT2D eigenvalue weighted by atomic mass is 10.1. The Bertz CT molecular complexity index is 849. The molecule has 0 fully saturated rings. The molecular formula is C16H10O4. The van der Waals surface area contributed by atoms with E-state index in [9.17, 15) is 4.79 Å². The van der Waals surface area contributed by atoms with Gasteiger partial charge >= 0.3 is 5.63 Å². The first-order valence-electron chi connectivity index (χ1n) is 6.25. The van der Waals surface area contributed by atoms with Gasteiger partial charge in [-0.1, -0.05) is 30.3 Å². The second-order valence-electron chi connectivity index (χ2n) is 4.52. The van der Waals surface area contributed by atoms with Crippen LogP contribution in [0.5, 0.6) is 11.5 Å². The molecule has 4 rings (SSSR count). The molecule has 4 heteroatoms. The molecule has 0 saturated carbocycles. The van der Waals surface area contributed by atoms with Crippen molar-refractivity contribution < 1.29 is 13.9 Å². The van der Waals surface area contributed by atoms with Crippen molar-refractivity contribution in [2.24, 2.45) is 0 Å². The van der Waals surface area contributed by atoms with E-state index >= 15 is 0 Å². The average Bonchev–Trinajstić information content (AvgIpc) is 2.97. The summed E-state index contributed by atoms with van der Waals surface area (Å²) in [5, 5.41) is 1.21. The Morgan fingerprint density at radius 1 is 0.900 bits per heavy atom. The number of fused-ring (bicyclic) bond motifs is 3. The van der Waals surface area contributed by atoms with E-state index in [1.807, 2.05) is 36.4 Å². The fourth-order valence-electron chi connectivity index (χ4n) is 2.38. The predicted molar refractivity (Wildman–Crippen MR) is 74.0 cm³/mol. The van der Waals surface area contributed by atoms with Crippen molar-refractivity contribution in [3.63, 3.8) is 0 Å². The zero-order chi connectivity index (χ0) is 13.5. The Morgan fingerprint density at radius 2 is 1.75 bits per heavy atom. The van der Waals surface area contributed by atoms with Crippen LogP contribution < -0.4 is 15.1 Å². The standard InChI is InChI=1S/C16H10O4/c17-16-11-6-7-13-15(19-9-18-13)12(11)8-14(20-16)10-4-2-1-3-5-10/h1-8H,9H2. The van der Waals surface area contributed by atoms with Gasteiger partial charge in [0.25, 0.3) is 0 Å². The maximum atomic E-state index is 12.1. The molecule has 2 aromatic carbocycles. The third-order valence-electron chi connectivity index (χ3n) is 3.33. The Morgan fingerprint density at radius 3 is 2.60 bits per heavy atom. The van der Waals surface area contributed by atoms with E-state index in [2.05, 4.69) is 0 Å². The molecule has 0 aliphatic carbocycles. The highest BCUT2D eigenvalue weighted by molar-refractivity contribution is 5.92. The highest BCUT2D eigenvalue weighted by Gasteiger charge is 2.19. The molecular weight excluding hydrogens is 256 g/mol. The van der Waals surface area contributed by atoms with E-state index in [1.54, 1.807) is 12.1 Å². The fraction of sp³-hybridized carbons (Fsp3) is 0.0625. The minimum absolute atomic E-state index is 0.176. The maximum absolute atomic E-state index is 12.1. The van der Waals surface area contributed by atoms with Crippen LogP contribution in [0, 0.1) is 0 Å². The predicted octanol–water partition coefficient (Wildman–Crippen LogP) is 3.19. The van der Waals surface area contributed by atoms with E-state index in [0.29, 0.717) is 22.6 Å². The summed E-state index contributed by atoms with van der Waals surface area (Å²) in [6, 6.07) is 14.7. The Hall–Kier alpha value is -2.75. The van der Waals surface area contributed by atoms with Crippen LogP contribution in [-0.2, 0) is 0 Å². The molecule has 4 nitrogen and oxygen atoms in total. The molecule has 98 valence electrons. The molecule has 0 saturated heterocycles. The minimum atomic E-state index is -0.375. The normalized spacial score (nSPS) is 12.8.